The Labute approximate surface area is 216 Å². The minimum atomic E-state index is -3.54. The van der Waals surface area contributed by atoms with Crippen molar-refractivity contribution in [3.05, 3.63) is 64.7 Å². The number of nitrogens with zero attached hydrogens (tertiary/aromatic N) is 2. The Bertz CT molecular complexity index is 1190. The molecule has 2 rings (SSSR count). The monoisotopic (exact) mass is 515 g/mol. The van der Waals surface area contributed by atoms with Crippen LogP contribution in [0.15, 0.2) is 42.5 Å². The molecule has 0 heterocycles. The lowest BCUT2D eigenvalue weighted by Crippen LogP contribution is -2.52. The van der Waals surface area contributed by atoms with Crippen LogP contribution in [0.5, 0.6) is 0 Å². The van der Waals surface area contributed by atoms with Crippen molar-refractivity contribution in [3.8, 4) is 0 Å². The van der Waals surface area contributed by atoms with Crippen molar-refractivity contribution in [2.24, 2.45) is 0 Å². The van der Waals surface area contributed by atoms with E-state index in [1.165, 1.54) is 10.6 Å². The summed E-state index contributed by atoms with van der Waals surface area (Å²) >= 11 is 0. The molecule has 0 aliphatic carbocycles. The number of hydrogen-bond acceptors (Lipinski definition) is 4. The summed E-state index contributed by atoms with van der Waals surface area (Å²) in [4.78, 5) is 28.0. The first-order chi connectivity index (χ1) is 16.6. The second-order valence-corrected chi connectivity index (χ2v) is 12.4. The normalized spacial score (nSPS) is 12.7. The topological polar surface area (TPSA) is 86.8 Å². The predicted octanol–water partition coefficient (Wildman–Crippen LogP) is 4.49. The molecule has 1 atom stereocenters. The number of amides is 2. The van der Waals surface area contributed by atoms with Crippen molar-refractivity contribution in [2.75, 3.05) is 17.1 Å². The second kappa shape index (κ2) is 11.9. The van der Waals surface area contributed by atoms with Gasteiger partial charge in [-0.15, -0.1) is 0 Å². The van der Waals surface area contributed by atoms with Gasteiger partial charge >= 0.3 is 0 Å². The summed E-state index contributed by atoms with van der Waals surface area (Å²) in [6.07, 6.45) is 1.63. The highest BCUT2D eigenvalue weighted by Gasteiger charge is 2.29. The van der Waals surface area contributed by atoms with E-state index in [-0.39, 0.29) is 24.8 Å². The van der Waals surface area contributed by atoms with Crippen LogP contribution >= 0.6 is 0 Å². The summed E-state index contributed by atoms with van der Waals surface area (Å²) in [5, 5.41) is 2.96. The molecule has 36 heavy (non-hydrogen) atoms. The van der Waals surface area contributed by atoms with Crippen LogP contribution in [-0.4, -0.2) is 49.5 Å². The molecule has 1 unspecified atom stereocenters. The molecule has 7 nitrogen and oxygen atoms in total. The van der Waals surface area contributed by atoms with Gasteiger partial charge in [-0.2, -0.15) is 0 Å². The first-order valence-corrected chi connectivity index (χ1v) is 14.2. The number of hydrogen-bond donors (Lipinski definition) is 1. The number of carbonyl (C=O) groups is 2. The third-order valence-electron chi connectivity index (χ3n) is 6.26. The van der Waals surface area contributed by atoms with E-state index < -0.39 is 21.6 Å². The summed E-state index contributed by atoms with van der Waals surface area (Å²) in [7, 11) is -3.54. The molecule has 2 amide bonds. The first-order valence-electron chi connectivity index (χ1n) is 12.3. The van der Waals surface area contributed by atoms with Gasteiger partial charge in [-0.05, 0) is 83.2 Å². The molecule has 2 aromatic rings. The molecule has 0 saturated carbocycles. The SMILES string of the molecule is Cc1ccccc1CN(C(=O)CCCN(c1cccc(C)c1C)S(C)(=O)=O)C(C)C(=O)NC(C)(C)C. The van der Waals surface area contributed by atoms with Crippen LogP contribution in [0.2, 0.25) is 0 Å². The summed E-state index contributed by atoms with van der Waals surface area (Å²) in [5.41, 5.74) is 4.10. The zero-order chi connectivity index (χ0) is 27.3. The van der Waals surface area contributed by atoms with Crippen molar-refractivity contribution in [2.45, 2.75) is 79.4 Å². The van der Waals surface area contributed by atoms with Crippen LogP contribution in [0.3, 0.4) is 0 Å². The highest BCUT2D eigenvalue weighted by Crippen LogP contribution is 2.25. The lowest BCUT2D eigenvalue weighted by atomic mass is 10.1. The standard InChI is InChI=1S/C28H41N3O4S/c1-20-14-11-16-25(22(20)3)31(36(8,34)35)18-12-17-26(32)30(19-24-15-10-9-13-21(24)2)23(4)27(33)29-28(5,6)7/h9-11,13-16,23H,12,17-19H2,1-8H3,(H,29,33). The maximum absolute atomic E-state index is 13.4. The molecule has 0 aliphatic rings. The Morgan fingerprint density at radius 1 is 0.972 bits per heavy atom. The van der Waals surface area contributed by atoms with Crippen LogP contribution in [0, 0.1) is 20.8 Å². The van der Waals surface area contributed by atoms with Crippen molar-refractivity contribution >= 4 is 27.5 Å². The summed E-state index contributed by atoms with van der Waals surface area (Å²) in [6.45, 7) is 13.7. The molecule has 0 radical (unpaired) electrons. The number of nitrogens with one attached hydrogen (secondary N) is 1. The Balaban J connectivity index is 2.24. The van der Waals surface area contributed by atoms with E-state index in [0.29, 0.717) is 18.7 Å². The Hall–Kier alpha value is -2.87. The fourth-order valence-electron chi connectivity index (χ4n) is 4.02. The molecule has 0 aromatic heterocycles. The van der Waals surface area contributed by atoms with Crippen LogP contribution < -0.4 is 9.62 Å². The largest absolute Gasteiger partial charge is 0.350 e. The van der Waals surface area contributed by atoms with Crippen LogP contribution in [0.1, 0.15) is 62.8 Å². The average Bonchev–Trinajstić information content (AvgIpc) is 2.76. The third-order valence-corrected chi connectivity index (χ3v) is 7.44. The Morgan fingerprint density at radius 2 is 1.58 bits per heavy atom. The highest BCUT2D eigenvalue weighted by molar-refractivity contribution is 7.92. The number of benzene rings is 2. The molecule has 0 saturated heterocycles. The summed E-state index contributed by atoms with van der Waals surface area (Å²) in [6, 6.07) is 12.7. The minimum absolute atomic E-state index is 0.121. The van der Waals surface area contributed by atoms with Crippen LogP contribution in [-0.2, 0) is 26.2 Å². The van der Waals surface area contributed by atoms with E-state index in [1.807, 2.05) is 77.9 Å². The summed E-state index contributed by atoms with van der Waals surface area (Å²) in [5.74, 6) is -0.415. The minimum Gasteiger partial charge on any atom is -0.350 e. The Kier molecular flexibility index (Phi) is 9.71. The highest BCUT2D eigenvalue weighted by atomic mass is 32.2. The molecule has 0 aliphatic heterocycles. The van der Waals surface area contributed by atoms with Gasteiger partial charge in [-0.1, -0.05) is 36.4 Å². The van der Waals surface area contributed by atoms with Gasteiger partial charge in [-0.25, -0.2) is 8.42 Å². The van der Waals surface area contributed by atoms with E-state index in [4.69, 9.17) is 0 Å². The number of carbonyl (C=O) groups excluding carboxylic acids is 2. The molecule has 0 spiro atoms. The lowest BCUT2D eigenvalue weighted by molar-refractivity contribution is -0.141. The smallest absolute Gasteiger partial charge is 0.242 e. The van der Waals surface area contributed by atoms with Gasteiger partial charge in [-0.3, -0.25) is 13.9 Å². The van der Waals surface area contributed by atoms with Gasteiger partial charge in [0.2, 0.25) is 21.8 Å². The molecule has 0 bridgehead atoms. The van der Waals surface area contributed by atoms with E-state index >= 15 is 0 Å². The number of anilines is 1. The van der Waals surface area contributed by atoms with Crippen molar-refractivity contribution in [3.63, 3.8) is 0 Å². The molecule has 198 valence electrons. The number of aryl methyl sites for hydroxylation is 2. The molecule has 2 aromatic carbocycles. The zero-order valence-corrected chi connectivity index (χ0v) is 23.7. The van der Waals surface area contributed by atoms with Crippen molar-refractivity contribution in [1.82, 2.24) is 10.2 Å². The lowest BCUT2D eigenvalue weighted by Gasteiger charge is -2.32. The van der Waals surface area contributed by atoms with Crippen LogP contribution in [0.25, 0.3) is 0 Å². The average molecular weight is 516 g/mol. The van der Waals surface area contributed by atoms with Gasteiger partial charge in [0, 0.05) is 25.0 Å². The summed E-state index contributed by atoms with van der Waals surface area (Å²) < 4.78 is 26.5. The number of rotatable bonds is 10. The molecule has 1 N–H and O–H groups in total. The van der Waals surface area contributed by atoms with E-state index in [1.54, 1.807) is 17.9 Å². The fraction of sp³-hybridized carbons (Fsp3) is 0.500. The molecule has 8 heteroatoms. The van der Waals surface area contributed by atoms with E-state index in [0.717, 1.165) is 22.3 Å². The van der Waals surface area contributed by atoms with Gasteiger partial charge in [0.1, 0.15) is 6.04 Å². The van der Waals surface area contributed by atoms with Crippen LogP contribution in [0.4, 0.5) is 5.69 Å². The van der Waals surface area contributed by atoms with Gasteiger partial charge in [0.15, 0.2) is 0 Å². The maximum Gasteiger partial charge on any atom is 0.242 e. The molecular weight excluding hydrogens is 474 g/mol. The maximum atomic E-state index is 13.4. The van der Waals surface area contributed by atoms with Gasteiger partial charge in [0.05, 0.1) is 11.9 Å². The quantitative estimate of drug-likeness (QED) is 0.505. The zero-order valence-electron chi connectivity index (χ0n) is 22.9. The molecular formula is C28H41N3O4S. The fourth-order valence-corrected chi connectivity index (χ4v) is 5.03. The van der Waals surface area contributed by atoms with Crippen molar-refractivity contribution < 1.29 is 18.0 Å². The predicted molar refractivity (Wildman–Crippen MR) is 146 cm³/mol. The second-order valence-electron chi connectivity index (χ2n) is 10.5. The first kappa shape index (κ1) is 29.4. The van der Waals surface area contributed by atoms with Crippen molar-refractivity contribution in [1.29, 1.82) is 0 Å². The van der Waals surface area contributed by atoms with E-state index in [2.05, 4.69) is 5.32 Å². The Morgan fingerprint density at radius 3 is 2.17 bits per heavy atom. The van der Waals surface area contributed by atoms with E-state index in [9.17, 15) is 18.0 Å². The number of sulfonamides is 1. The van der Waals surface area contributed by atoms with Gasteiger partial charge in [0.25, 0.3) is 0 Å². The molecule has 0 fully saturated rings. The third kappa shape index (κ3) is 8.08. The van der Waals surface area contributed by atoms with Gasteiger partial charge < -0.3 is 10.2 Å².